The van der Waals surface area contributed by atoms with Gasteiger partial charge < -0.3 is 14.6 Å². The van der Waals surface area contributed by atoms with Gasteiger partial charge in [-0.05, 0) is 11.6 Å². The van der Waals surface area contributed by atoms with Gasteiger partial charge in [-0.2, -0.15) is 0 Å². The molecule has 0 spiro atoms. The van der Waals surface area contributed by atoms with Crippen LogP contribution in [-0.2, 0) is 4.74 Å². The Labute approximate surface area is 122 Å². The van der Waals surface area contributed by atoms with Crippen molar-refractivity contribution in [2.75, 3.05) is 31.2 Å². The van der Waals surface area contributed by atoms with Crippen LogP contribution < -0.4 is 4.90 Å². The van der Waals surface area contributed by atoms with E-state index in [2.05, 4.69) is 38.1 Å². The number of morpholine rings is 1. The Bertz CT molecular complexity index is 747. The summed E-state index contributed by atoms with van der Waals surface area (Å²) in [5.74, 6) is 0.988. The average Bonchev–Trinajstić information content (AvgIpc) is 3.00. The molecule has 106 valence electrons. The summed E-state index contributed by atoms with van der Waals surface area (Å²) in [5.41, 5.74) is 3.11. The van der Waals surface area contributed by atoms with Gasteiger partial charge in [0.15, 0.2) is 0 Å². The Hall–Kier alpha value is -2.40. The number of ether oxygens (including phenoxy) is 1. The minimum atomic E-state index is 0.751. The van der Waals surface area contributed by atoms with Gasteiger partial charge in [-0.25, -0.2) is 9.97 Å². The van der Waals surface area contributed by atoms with Crippen LogP contribution in [-0.4, -0.2) is 41.3 Å². The molecule has 4 rings (SSSR count). The van der Waals surface area contributed by atoms with Crippen molar-refractivity contribution in [3.8, 4) is 11.3 Å². The topological polar surface area (TPSA) is 54.0 Å². The van der Waals surface area contributed by atoms with E-state index in [4.69, 9.17) is 4.74 Å². The lowest BCUT2D eigenvalue weighted by Crippen LogP contribution is -2.36. The zero-order valence-electron chi connectivity index (χ0n) is 11.6. The van der Waals surface area contributed by atoms with Gasteiger partial charge in [0, 0.05) is 18.8 Å². The summed E-state index contributed by atoms with van der Waals surface area (Å²) in [4.78, 5) is 14.5. The molecular weight excluding hydrogens is 264 g/mol. The standard InChI is InChI=1S/C16H16N4O/c1-2-4-12(5-3-1)14-10-13-15(19-14)17-11-18-16(13)20-6-8-21-9-7-20/h1-5,10-11H,6-9H2,(H,17,18,19). The molecule has 1 aliphatic heterocycles. The van der Waals surface area contributed by atoms with Crippen LogP contribution in [0.25, 0.3) is 22.3 Å². The third kappa shape index (κ3) is 2.25. The van der Waals surface area contributed by atoms with E-state index in [1.807, 2.05) is 18.2 Å². The maximum absolute atomic E-state index is 5.41. The van der Waals surface area contributed by atoms with E-state index in [1.54, 1.807) is 6.33 Å². The lowest BCUT2D eigenvalue weighted by atomic mass is 10.1. The first kappa shape index (κ1) is 12.3. The van der Waals surface area contributed by atoms with Crippen LogP contribution in [0.3, 0.4) is 0 Å². The van der Waals surface area contributed by atoms with Gasteiger partial charge in [0.05, 0.1) is 18.6 Å². The van der Waals surface area contributed by atoms with Crippen LogP contribution in [0.5, 0.6) is 0 Å². The van der Waals surface area contributed by atoms with E-state index < -0.39 is 0 Å². The Morgan fingerprint density at radius 3 is 2.67 bits per heavy atom. The smallest absolute Gasteiger partial charge is 0.143 e. The van der Waals surface area contributed by atoms with Gasteiger partial charge in [-0.1, -0.05) is 30.3 Å². The molecular formula is C16H16N4O. The van der Waals surface area contributed by atoms with Crippen molar-refractivity contribution in [2.45, 2.75) is 0 Å². The summed E-state index contributed by atoms with van der Waals surface area (Å²) in [5, 5.41) is 1.07. The maximum Gasteiger partial charge on any atom is 0.143 e. The molecule has 0 amide bonds. The molecule has 0 radical (unpaired) electrons. The third-order valence-corrected chi connectivity index (χ3v) is 3.80. The Balaban J connectivity index is 1.80. The number of nitrogens with one attached hydrogen (secondary N) is 1. The van der Waals surface area contributed by atoms with Crippen LogP contribution in [0.15, 0.2) is 42.7 Å². The fraction of sp³-hybridized carbons (Fsp3) is 0.250. The van der Waals surface area contributed by atoms with Gasteiger partial charge in [0.2, 0.25) is 0 Å². The molecule has 1 aromatic carbocycles. The van der Waals surface area contributed by atoms with E-state index in [-0.39, 0.29) is 0 Å². The van der Waals surface area contributed by atoms with Crippen molar-refractivity contribution >= 4 is 16.9 Å². The highest BCUT2D eigenvalue weighted by Gasteiger charge is 2.17. The van der Waals surface area contributed by atoms with E-state index in [0.717, 1.165) is 54.4 Å². The second-order valence-corrected chi connectivity index (χ2v) is 5.11. The molecule has 0 aliphatic carbocycles. The fourth-order valence-corrected chi connectivity index (χ4v) is 2.73. The summed E-state index contributed by atoms with van der Waals surface area (Å²) in [7, 11) is 0. The minimum Gasteiger partial charge on any atom is -0.378 e. The second kappa shape index (κ2) is 5.18. The first-order valence-corrected chi connectivity index (χ1v) is 7.14. The van der Waals surface area contributed by atoms with Crippen LogP contribution in [0.4, 0.5) is 5.82 Å². The zero-order chi connectivity index (χ0) is 14.1. The zero-order valence-corrected chi connectivity index (χ0v) is 11.6. The van der Waals surface area contributed by atoms with Crippen molar-refractivity contribution < 1.29 is 4.74 Å². The molecule has 5 nitrogen and oxygen atoms in total. The fourth-order valence-electron chi connectivity index (χ4n) is 2.73. The van der Waals surface area contributed by atoms with Crippen molar-refractivity contribution in [1.82, 2.24) is 15.0 Å². The normalized spacial score (nSPS) is 15.5. The molecule has 0 bridgehead atoms. The number of nitrogens with zero attached hydrogens (tertiary/aromatic N) is 3. The Morgan fingerprint density at radius 2 is 1.86 bits per heavy atom. The first-order chi connectivity index (χ1) is 10.4. The molecule has 0 unspecified atom stereocenters. The van der Waals surface area contributed by atoms with Gasteiger partial charge >= 0.3 is 0 Å². The predicted molar refractivity (Wildman–Crippen MR) is 82.4 cm³/mol. The lowest BCUT2D eigenvalue weighted by molar-refractivity contribution is 0.122. The summed E-state index contributed by atoms with van der Waals surface area (Å²) in [6.45, 7) is 3.25. The van der Waals surface area contributed by atoms with Crippen LogP contribution >= 0.6 is 0 Å². The third-order valence-electron chi connectivity index (χ3n) is 3.80. The SMILES string of the molecule is c1ccc(-c2cc3c(N4CCOCC4)ncnc3[nH]2)cc1. The lowest BCUT2D eigenvalue weighted by Gasteiger charge is -2.27. The second-order valence-electron chi connectivity index (χ2n) is 5.11. The number of hydrogen-bond acceptors (Lipinski definition) is 4. The number of benzene rings is 1. The van der Waals surface area contributed by atoms with Gasteiger partial charge in [-0.3, -0.25) is 0 Å². The summed E-state index contributed by atoms with van der Waals surface area (Å²) in [6, 6.07) is 12.4. The largest absolute Gasteiger partial charge is 0.378 e. The molecule has 1 saturated heterocycles. The number of hydrogen-bond donors (Lipinski definition) is 1. The van der Waals surface area contributed by atoms with Gasteiger partial charge in [-0.15, -0.1) is 0 Å². The van der Waals surface area contributed by atoms with Gasteiger partial charge in [0.1, 0.15) is 17.8 Å². The molecule has 1 N–H and O–H groups in total. The number of fused-ring (bicyclic) bond motifs is 1. The van der Waals surface area contributed by atoms with Gasteiger partial charge in [0.25, 0.3) is 0 Å². The van der Waals surface area contributed by atoms with Crippen molar-refractivity contribution in [1.29, 1.82) is 0 Å². The number of rotatable bonds is 2. The summed E-state index contributed by atoms with van der Waals surface area (Å²) < 4.78 is 5.41. The quantitative estimate of drug-likeness (QED) is 0.783. The number of aromatic amines is 1. The highest BCUT2D eigenvalue weighted by molar-refractivity contribution is 5.91. The van der Waals surface area contributed by atoms with E-state index in [0.29, 0.717) is 0 Å². The highest BCUT2D eigenvalue weighted by Crippen LogP contribution is 2.28. The molecule has 3 heterocycles. The molecule has 0 saturated carbocycles. The highest BCUT2D eigenvalue weighted by atomic mass is 16.5. The molecule has 3 aromatic rings. The number of aromatic nitrogens is 3. The molecule has 1 aliphatic rings. The maximum atomic E-state index is 5.41. The molecule has 5 heteroatoms. The monoisotopic (exact) mass is 280 g/mol. The molecule has 0 atom stereocenters. The predicted octanol–water partition coefficient (Wildman–Crippen LogP) is 2.46. The summed E-state index contributed by atoms with van der Waals surface area (Å²) >= 11 is 0. The number of anilines is 1. The Morgan fingerprint density at radius 1 is 1.05 bits per heavy atom. The van der Waals surface area contributed by atoms with E-state index in [9.17, 15) is 0 Å². The molecule has 2 aromatic heterocycles. The molecule has 21 heavy (non-hydrogen) atoms. The van der Waals surface area contributed by atoms with Crippen LogP contribution in [0, 0.1) is 0 Å². The summed E-state index contributed by atoms with van der Waals surface area (Å²) in [6.07, 6.45) is 1.62. The number of H-pyrrole nitrogens is 1. The Kier molecular flexibility index (Phi) is 3.05. The van der Waals surface area contributed by atoms with Crippen molar-refractivity contribution in [3.05, 3.63) is 42.7 Å². The first-order valence-electron chi connectivity index (χ1n) is 7.14. The average molecular weight is 280 g/mol. The minimum absolute atomic E-state index is 0.751. The van der Waals surface area contributed by atoms with Crippen LogP contribution in [0.2, 0.25) is 0 Å². The molecule has 1 fully saturated rings. The van der Waals surface area contributed by atoms with E-state index in [1.165, 1.54) is 0 Å². The van der Waals surface area contributed by atoms with E-state index >= 15 is 0 Å². The van der Waals surface area contributed by atoms with Crippen molar-refractivity contribution in [2.24, 2.45) is 0 Å². The van der Waals surface area contributed by atoms with Crippen LogP contribution in [0.1, 0.15) is 0 Å². The van der Waals surface area contributed by atoms with Crippen molar-refractivity contribution in [3.63, 3.8) is 0 Å².